The molecule has 2 saturated carbocycles. The highest BCUT2D eigenvalue weighted by molar-refractivity contribution is 8.00. The summed E-state index contributed by atoms with van der Waals surface area (Å²) in [7, 11) is 1.50. The minimum absolute atomic E-state index is 0.0885. The molecule has 0 aromatic carbocycles. The van der Waals surface area contributed by atoms with Crippen LogP contribution in [-0.2, 0) is 9.53 Å². The summed E-state index contributed by atoms with van der Waals surface area (Å²) >= 11 is 1.85. The summed E-state index contributed by atoms with van der Waals surface area (Å²) in [5.74, 6) is -0.0885. The number of esters is 1. The van der Waals surface area contributed by atoms with Crippen LogP contribution in [0.1, 0.15) is 38.5 Å². The van der Waals surface area contributed by atoms with Crippen LogP contribution in [0.4, 0.5) is 0 Å². The number of rotatable bonds is 5. The normalized spacial score (nSPS) is 29.1. The van der Waals surface area contributed by atoms with Crippen LogP contribution in [0.3, 0.4) is 0 Å². The van der Waals surface area contributed by atoms with Crippen molar-refractivity contribution in [2.24, 2.45) is 0 Å². The molecule has 0 amide bonds. The van der Waals surface area contributed by atoms with Crippen LogP contribution < -0.4 is 5.32 Å². The number of hydrogen-bond donors (Lipinski definition) is 1. The van der Waals surface area contributed by atoms with E-state index in [0.717, 1.165) is 25.7 Å². The van der Waals surface area contributed by atoms with Crippen molar-refractivity contribution in [3.8, 4) is 0 Å². The first-order chi connectivity index (χ1) is 10.2. The molecule has 3 rings (SSSR count). The first-order valence-corrected chi connectivity index (χ1v) is 8.53. The predicted octanol–water partition coefficient (Wildman–Crippen LogP) is 2.78. The second-order valence-electron chi connectivity index (χ2n) is 6.01. The van der Waals surface area contributed by atoms with E-state index >= 15 is 0 Å². The third-order valence-electron chi connectivity index (χ3n) is 4.29. The van der Waals surface area contributed by atoms with Crippen LogP contribution in [0.2, 0.25) is 0 Å². The van der Waals surface area contributed by atoms with Gasteiger partial charge in [-0.05, 0) is 50.7 Å². The summed E-state index contributed by atoms with van der Waals surface area (Å²) in [6.45, 7) is 0. The standard InChI is InChI=1S/C16H22N2O2S/c1-20-15(19)16(18-12-4-5-12)8-2-3-14(11-16)21-13-6-9-17-10-7-13/h6-7,9-10,12,14,18H,2-5,8,11H2,1H3. The van der Waals surface area contributed by atoms with Gasteiger partial charge in [-0.2, -0.15) is 0 Å². The third kappa shape index (κ3) is 3.58. The van der Waals surface area contributed by atoms with Crippen molar-refractivity contribution >= 4 is 17.7 Å². The molecule has 1 heterocycles. The van der Waals surface area contributed by atoms with Gasteiger partial charge in [0.2, 0.25) is 0 Å². The molecule has 2 aliphatic rings. The van der Waals surface area contributed by atoms with E-state index in [4.69, 9.17) is 4.74 Å². The maximum atomic E-state index is 12.3. The average molecular weight is 306 g/mol. The fourth-order valence-electron chi connectivity index (χ4n) is 3.12. The lowest BCUT2D eigenvalue weighted by molar-refractivity contribution is -0.150. The van der Waals surface area contributed by atoms with E-state index in [9.17, 15) is 4.79 Å². The highest BCUT2D eigenvalue weighted by Gasteiger charge is 2.46. The molecule has 2 unspecified atom stereocenters. The lowest BCUT2D eigenvalue weighted by Crippen LogP contribution is -2.56. The molecule has 2 atom stereocenters. The average Bonchev–Trinajstić information content (AvgIpc) is 3.31. The molecule has 1 aromatic heterocycles. The number of hydrogen-bond acceptors (Lipinski definition) is 5. The van der Waals surface area contributed by atoms with Gasteiger partial charge in [0, 0.05) is 28.6 Å². The Morgan fingerprint density at radius 1 is 1.38 bits per heavy atom. The van der Waals surface area contributed by atoms with Gasteiger partial charge in [-0.25, -0.2) is 0 Å². The van der Waals surface area contributed by atoms with Crippen molar-refractivity contribution in [2.45, 2.75) is 60.3 Å². The summed E-state index contributed by atoms with van der Waals surface area (Å²) < 4.78 is 5.10. The van der Waals surface area contributed by atoms with Gasteiger partial charge in [0.25, 0.3) is 0 Å². The van der Waals surface area contributed by atoms with Crippen molar-refractivity contribution < 1.29 is 9.53 Å². The predicted molar refractivity (Wildman–Crippen MR) is 83.3 cm³/mol. The van der Waals surface area contributed by atoms with Gasteiger partial charge in [-0.3, -0.25) is 15.1 Å². The van der Waals surface area contributed by atoms with Crippen LogP contribution in [0, 0.1) is 0 Å². The summed E-state index contributed by atoms with van der Waals surface area (Å²) in [6, 6.07) is 4.58. The number of pyridine rings is 1. The van der Waals surface area contributed by atoms with Crippen molar-refractivity contribution in [3.63, 3.8) is 0 Å². The van der Waals surface area contributed by atoms with Gasteiger partial charge in [0.15, 0.2) is 0 Å². The van der Waals surface area contributed by atoms with Gasteiger partial charge in [-0.1, -0.05) is 0 Å². The van der Waals surface area contributed by atoms with Crippen molar-refractivity contribution in [1.82, 2.24) is 10.3 Å². The number of nitrogens with one attached hydrogen (secondary N) is 1. The van der Waals surface area contributed by atoms with E-state index in [-0.39, 0.29) is 5.97 Å². The zero-order valence-electron chi connectivity index (χ0n) is 12.4. The van der Waals surface area contributed by atoms with Gasteiger partial charge in [0.1, 0.15) is 5.54 Å². The van der Waals surface area contributed by atoms with Crippen molar-refractivity contribution in [2.75, 3.05) is 7.11 Å². The Morgan fingerprint density at radius 2 is 2.14 bits per heavy atom. The molecule has 0 saturated heterocycles. The van der Waals surface area contributed by atoms with Crippen LogP contribution >= 0.6 is 11.8 Å². The number of nitrogens with zero attached hydrogens (tertiary/aromatic N) is 1. The Balaban J connectivity index is 1.70. The Bertz CT molecular complexity index is 492. The summed E-state index contributed by atoms with van der Waals surface area (Å²) in [4.78, 5) is 17.6. The molecule has 2 aliphatic carbocycles. The van der Waals surface area contributed by atoms with E-state index in [1.165, 1.54) is 24.8 Å². The van der Waals surface area contributed by atoms with Crippen LogP contribution in [-0.4, -0.2) is 34.9 Å². The number of thioether (sulfide) groups is 1. The number of aromatic nitrogens is 1. The van der Waals surface area contributed by atoms with Gasteiger partial charge in [0.05, 0.1) is 7.11 Å². The van der Waals surface area contributed by atoms with Crippen LogP contribution in [0.25, 0.3) is 0 Å². The molecular formula is C16H22N2O2S. The quantitative estimate of drug-likeness (QED) is 0.848. The van der Waals surface area contributed by atoms with Gasteiger partial charge >= 0.3 is 5.97 Å². The first kappa shape index (κ1) is 14.9. The molecular weight excluding hydrogens is 284 g/mol. The summed E-state index contributed by atoms with van der Waals surface area (Å²) in [5, 5.41) is 4.02. The lowest BCUT2D eigenvalue weighted by Gasteiger charge is -2.39. The smallest absolute Gasteiger partial charge is 0.326 e. The second-order valence-corrected chi connectivity index (χ2v) is 7.39. The third-order valence-corrected chi connectivity index (χ3v) is 5.57. The van der Waals surface area contributed by atoms with Gasteiger partial charge < -0.3 is 4.74 Å². The Labute approximate surface area is 130 Å². The Kier molecular flexibility index (Phi) is 4.50. The number of ether oxygens (including phenoxy) is 1. The van der Waals surface area contributed by atoms with E-state index in [2.05, 4.69) is 10.3 Å². The molecule has 0 radical (unpaired) electrons. The molecule has 5 heteroatoms. The monoisotopic (exact) mass is 306 g/mol. The van der Waals surface area contributed by atoms with E-state index in [1.54, 1.807) is 0 Å². The molecule has 4 nitrogen and oxygen atoms in total. The maximum absolute atomic E-state index is 12.3. The molecule has 0 spiro atoms. The van der Waals surface area contributed by atoms with Crippen LogP contribution in [0.5, 0.6) is 0 Å². The number of carbonyl (C=O) groups is 1. The SMILES string of the molecule is COC(=O)C1(NC2CC2)CCCC(Sc2ccncc2)C1. The summed E-state index contributed by atoms with van der Waals surface area (Å²) in [6.07, 6.45) is 9.96. The lowest BCUT2D eigenvalue weighted by atomic mass is 9.81. The second kappa shape index (κ2) is 6.36. The fourth-order valence-corrected chi connectivity index (χ4v) is 4.44. The topological polar surface area (TPSA) is 51.2 Å². The highest BCUT2D eigenvalue weighted by Crippen LogP contribution is 2.40. The molecule has 0 aliphatic heterocycles. The molecule has 1 N–H and O–H groups in total. The molecule has 21 heavy (non-hydrogen) atoms. The van der Waals surface area contributed by atoms with Gasteiger partial charge in [-0.15, -0.1) is 11.8 Å². The zero-order chi connectivity index (χ0) is 14.7. The maximum Gasteiger partial charge on any atom is 0.326 e. The summed E-state index contributed by atoms with van der Waals surface area (Å²) in [5.41, 5.74) is -0.473. The molecule has 2 fully saturated rings. The van der Waals surface area contributed by atoms with Crippen molar-refractivity contribution in [3.05, 3.63) is 24.5 Å². The fraction of sp³-hybridized carbons (Fsp3) is 0.625. The highest BCUT2D eigenvalue weighted by atomic mass is 32.2. The minimum Gasteiger partial charge on any atom is -0.468 e. The van der Waals surface area contributed by atoms with Crippen molar-refractivity contribution in [1.29, 1.82) is 0 Å². The number of methoxy groups -OCH3 is 1. The van der Waals surface area contributed by atoms with E-state index in [1.807, 2.05) is 36.3 Å². The molecule has 114 valence electrons. The first-order valence-electron chi connectivity index (χ1n) is 7.65. The zero-order valence-corrected chi connectivity index (χ0v) is 13.2. The molecule has 1 aromatic rings. The molecule has 0 bridgehead atoms. The minimum atomic E-state index is -0.473. The van der Waals surface area contributed by atoms with E-state index < -0.39 is 5.54 Å². The largest absolute Gasteiger partial charge is 0.468 e. The Hall–Kier alpha value is -1.07. The van der Waals surface area contributed by atoms with E-state index in [0.29, 0.717) is 11.3 Å². The van der Waals surface area contributed by atoms with Crippen LogP contribution in [0.15, 0.2) is 29.4 Å². The Morgan fingerprint density at radius 3 is 2.81 bits per heavy atom. The number of carbonyl (C=O) groups excluding carboxylic acids is 1.